The molecule has 0 saturated carbocycles. The molecule has 1 saturated heterocycles. The number of hydrogen-bond acceptors (Lipinski definition) is 5. The van der Waals surface area contributed by atoms with Gasteiger partial charge in [0, 0.05) is 19.3 Å². The fraction of sp³-hybridized carbons (Fsp3) is 0.158. The number of pyridine rings is 1. The summed E-state index contributed by atoms with van der Waals surface area (Å²) in [6.07, 6.45) is 1.73. The molecule has 4 rings (SSSR count). The third-order valence-electron chi connectivity index (χ3n) is 4.62. The van der Waals surface area contributed by atoms with E-state index in [2.05, 4.69) is 10.3 Å². The topological polar surface area (TPSA) is 84.4 Å². The number of aromatic nitrogens is 1. The molecule has 7 nitrogen and oxygen atoms in total. The largest absolute Gasteiger partial charge is 0.459 e. The highest BCUT2D eigenvalue weighted by Crippen LogP contribution is 2.40. The van der Waals surface area contributed by atoms with E-state index < -0.39 is 4.92 Å². The molecular weight excluding hydrogens is 364 g/mol. The fourth-order valence-corrected chi connectivity index (χ4v) is 3.55. The highest BCUT2D eigenvalue weighted by molar-refractivity contribution is 7.80. The quantitative estimate of drug-likeness (QED) is 0.418. The molecule has 1 N–H and O–H groups in total. The maximum atomic E-state index is 11.3. The Labute approximate surface area is 160 Å². The Morgan fingerprint density at radius 2 is 1.96 bits per heavy atom. The van der Waals surface area contributed by atoms with Gasteiger partial charge in [0.2, 0.25) is 0 Å². The van der Waals surface area contributed by atoms with E-state index in [-0.39, 0.29) is 17.8 Å². The van der Waals surface area contributed by atoms with Gasteiger partial charge in [0.1, 0.15) is 17.6 Å². The van der Waals surface area contributed by atoms with Crippen molar-refractivity contribution in [3.05, 3.63) is 82.4 Å². The van der Waals surface area contributed by atoms with Gasteiger partial charge in [0.15, 0.2) is 5.11 Å². The number of rotatable bonds is 4. The van der Waals surface area contributed by atoms with Crippen LogP contribution in [0.3, 0.4) is 0 Å². The number of nitrogens with zero attached hydrogens (tertiary/aromatic N) is 3. The first-order valence-corrected chi connectivity index (χ1v) is 8.75. The van der Waals surface area contributed by atoms with Gasteiger partial charge in [-0.2, -0.15) is 0 Å². The molecule has 0 bridgehead atoms. The SMILES string of the molecule is CN1C(=S)N[C@H](c2ccccn2)[C@@H]1c1ccc(-c2ccccc2[N+](=O)[O-])o1. The lowest BCUT2D eigenvalue weighted by Gasteiger charge is -2.21. The average Bonchev–Trinajstić information content (AvgIpc) is 3.27. The molecule has 1 aliphatic heterocycles. The normalized spacial score (nSPS) is 19.1. The van der Waals surface area contributed by atoms with E-state index in [1.165, 1.54) is 6.07 Å². The van der Waals surface area contributed by atoms with Crippen molar-refractivity contribution in [2.75, 3.05) is 7.05 Å². The van der Waals surface area contributed by atoms with Crippen LogP contribution in [-0.2, 0) is 0 Å². The Bertz CT molecular complexity index is 1000. The molecule has 3 heterocycles. The van der Waals surface area contributed by atoms with Gasteiger partial charge in [-0.3, -0.25) is 15.1 Å². The number of nitrogens with one attached hydrogen (secondary N) is 1. The number of thiocarbonyl (C=S) groups is 1. The fourth-order valence-electron chi connectivity index (χ4n) is 3.31. The number of hydrogen-bond donors (Lipinski definition) is 1. The molecule has 0 spiro atoms. The van der Waals surface area contributed by atoms with E-state index in [0.29, 0.717) is 22.2 Å². The van der Waals surface area contributed by atoms with Gasteiger partial charge in [-0.15, -0.1) is 0 Å². The summed E-state index contributed by atoms with van der Waals surface area (Å²) in [5.74, 6) is 1.11. The summed E-state index contributed by atoms with van der Waals surface area (Å²) >= 11 is 5.41. The first-order chi connectivity index (χ1) is 13.1. The lowest BCUT2D eigenvalue weighted by atomic mass is 10.0. The van der Waals surface area contributed by atoms with Crippen molar-refractivity contribution < 1.29 is 9.34 Å². The van der Waals surface area contributed by atoms with Crippen LogP contribution in [0.25, 0.3) is 11.3 Å². The van der Waals surface area contributed by atoms with E-state index in [4.69, 9.17) is 16.6 Å². The van der Waals surface area contributed by atoms with Crippen molar-refractivity contribution in [3.63, 3.8) is 0 Å². The van der Waals surface area contributed by atoms with Crippen LogP contribution in [0, 0.1) is 10.1 Å². The third-order valence-corrected chi connectivity index (χ3v) is 5.03. The lowest BCUT2D eigenvalue weighted by Crippen LogP contribution is -2.24. The van der Waals surface area contributed by atoms with E-state index in [9.17, 15) is 10.1 Å². The van der Waals surface area contributed by atoms with Gasteiger partial charge in [-0.25, -0.2) is 0 Å². The second-order valence-corrected chi connectivity index (χ2v) is 6.60. The van der Waals surface area contributed by atoms with Crippen molar-refractivity contribution >= 4 is 23.0 Å². The van der Waals surface area contributed by atoms with Crippen molar-refractivity contribution in [2.45, 2.75) is 12.1 Å². The second kappa shape index (κ2) is 6.81. The van der Waals surface area contributed by atoms with Crippen LogP contribution in [-0.4, -0.2) is 27.0 Å². The molecule has 1 aliphatic rings. The summed E-state index contributed by atoms with van der Waals surface area (Å²) in [6, 6.07) is 15.4. The monoisotopic (exact) mass is 380 g/mol. The minimum Gasteiger partial charge on any atom is -0.459 e. The van der Waals surface area contributed by atoms with Gasteiger partial charge in [-0.1, -0.05) is 18.2 Å². The average molecular weight is 380 g/mol. The van der Waals surface area contributed by atoms with Crippen LogP contribution in [0.15, 0.2) is 65.2 Å². The van der Waals surface area contributed by atoms with Gasteiger partial charge in [-0.05, 0) is 42.5 Å². The second-order valence-electron chi connectivity index (χ2n) is 6.21. The summed E-state index contributed by atoms with van der Waals surface area (Å²) in [6.45, 7) is 0. The van der Waals surface area contributed by atoms with Crippen LogP contribution in [0.2, 0.25) is 0 Å². The standard InChI is InChI=1S/C19H16N4O3S/c1-22-18(17(21-19(22)27)13-7-4-5-11-20-13)16-10-9-15(26-16)12-6-2-3-8-14(12)23(24)25/h2-11,17-18H,1H3,(H,21,27)/t17-,18+/m1/s1. The molecule has 1 aromatic carbocycles. The molecule has 8 heteroatoms. The molecule has 0 unspecified atom stereocenters. The molecule has 136 valence electrons. The predicted molar refractivity (Wildman–Crippen MR) is 104 cm³/mol. The number of para-hydroxylation sites is 1. The molecule has 2 aromatic heterocycles. The van der Waals surface area contributed by atoms with E-state index in [0.717, 1.165) is 5.69 Å². The summed E-state index contributed by atoms with van der Waals surface area (Å²) in [7, 11) is 1.89. The molecule has 27 heavy (non-hydrogen) atoms. The van der Waals surface area contributed by atoms with E-state index >= 15 is 0 Å². The van der Waals surface area contributed by atoms with Crippen LogP contribution in [0.1, 0.15) is 23.5 Å². The summed E-state index contributed by atoms with van der Waals surface area (Å²) < 4.78 is 6.04. The first-order valence-electron chi connectivity index (χ1n) is 8.34. The predicted octanol–water partition coefficient (Wildman–Crippen LogP) is 3.85. The molecule has 0 radical (unpaired) electrons. The first kappa shape index (κ1) is 17.2. The summed E-state index contributed by atoms with van der Waals surface area (Å²) in [5, 5.41) is 15.2. The summed E-state index contributed by atoms with van der Waals surface area (Å²) in [4.78, 5) is 17.2. The zero-order valence-electron chi connectivity index (χ0n) is 14.4. The van der Waals surface area contributed by atoms with Gasteiger partial charge in [0.25, 0.3) is 5.69 Å². The van der Waals surface area contributed by atoms with E-state index in [1.807, 2.05) is 36.2 Å². The molecule has 1 fully saturated rings. The number of nitro benzene ring substituents is 1. The smallest absolute Gasteiger partial charge is 0.280 e. The summed E-state index contributed by atoms with van der Waals surface area (Å²) in [5.41, 5.74) is 1.30. The maximum absolute atomic E-state index is 11.3. The zero-order chi connectivity index (χ0) is 19.0. The number of furan rings is 1. The lowest BCUT2D eigenvalue weighted by molar-refractivity contribution is -0.384. The molecule has 3 aromatic rings. The molecular formula is C19H16N4O3S. The van der Waals surface area contributed by atoms with Gasteiger partial charge >= 0.3 is 0 Å². The Morgan fingerprint density at radius 3 is 2.70 bits per heavy atom. The van der Waals surface area contributed by atoms with Crippen molar-refractivity contribution in [1.82, 2.24) is 15.2 Å². The van der Waals surface area contributed by atoms with Crippen LogP contribution in [0.4, 0.5) is 5.69 Å². The number of benzene rings is 1. The maximum Gasteiger partial charge on any atom is 0.280 e. The molecule has 0 aliphatic carbocycles. The zero-order valence-corrected chi connectivity index (χ0v) is 15.2. The molecule has 2 atom stereocenters. The van der Waals surface area contributed by atoms with Gasteiger partial charge in [0.05, 0.1) is 22.2 Å². The van der Waals surface area contributed by atoms with Crippen molar-refractivity contribution in [3.8, 4) is 11.3 Å². The Morgan fingerprint density at radius 1 is 1.19 bits per heavy atom. The highest BCUT2D eigenvalue weighted by atomic mass is 32.1. The number of likely N-dealkylation sites (N-methyl/N-ethyl adjacent to an activating group) is 1. The number of nitro groups is 1. The van der Waals surface area contributed by atoms with Crippen LogP contribution < -0.4 is 5.32 Å². The van der Waals surface area contributed by atoms with E-state index in [1.54, 1.807) is 30.5 Å². The van der Waals surface area contributed by atoms with Crippen molar-refractivity contribution in [1.29, 1.82) is 0 Å². The van der Waals surface area contributed by atoms with Crippen LogP contribution in [0.5, 0.6) is 0 Å². The molecule has 0 amide bonds. The highest BCUT2D eigenvalue weighted by Gasteiger charge is 2.39. The minimum absolute atomic E-state index is 0.00750. The Balaban J connectivity index is 1.74. The minimum atomic E-state index is -0.410. The Kier molecular flexibility index (Phi) is 4.33. The van der Waals surface area contributed by atoms with Crippen LogP contribution >= 0.6 is 12.2 Å². The van der Waals surface area contributed by atoms with Gasteiger partial charge < -0.3 is 14.6 Å². The third kappa shape index (κ3) is 3.04. The van der Waals surface area contributed by atoms with Crippen molar-refractivity contribution in [2.24, 2.45) is 0 Å². The Hall–Kier alpha value is -3.26.